The van der Waals surface area contributed by atoms with Crippen LogP contribution in [0.1, 0.15) is 32.6 Å². The van der Waals surface area contributed by atoms with Crippen molar-refractivity contribution in [1.82, 2.24) is 5.43 Å². The summed E-state index contributed by atoms with van der Waals surface area (Å²) in [5.74, 6) is -0.143. The Bertz CT molecular complexity index is 231. The topological polar surface area (TPSA) is 76.7 Å². The van der Waals surface area contributed by atoms with Gasteiger partial charge >= 0.3 is 5.97 Å². The van der Waals surface area contributed by atoms with Gasteiger partial charge in [-0.2, -0.15) is 5.10 Å². The first kappa shape index (κ1) is 13.8. The van der Waals surface area contributed by atoms with E-state index in [1.165, 1.54) is 0 Å². The molecular weight excluding hydrogens is 214 g/mol. The molecule has 0 spiro atoms. The molecule has 0 aromatic carbocycles. The molecule has 0 aromatic heterocycles. The standard InChI is InChI=1S/C9H17N3O2S/c1-2-14-8(13)6-4-3-5-7-11-12-9(10)15/h7H,2-6H2,1H3,(H3,10,12,15)/b11-7+. The highest BCUT2D eigenvalue weighted by atomic mass is 32.1. The van der Waals surface area contributed by atoms with Crippen LogP contribution < -0.4 is 11.2 Å². The van der Waals surface area contributed by atoms with Crippen LogP contribution in [0.15, 0.2) is 5.10 Å². The first-order valence-corrected chi connectivity index (χ1v) is 5.30. The highest BCUT2D eigenvalue weighted by Gasteiger charge is 1.99. The number of nitrogens with one attached hydrogen (secondary N) is 1. The van der Waals surface area contributed by atoms with Gasteiger partial charge in [-0.3, -0.25) is 10.2 Å². The van der Waals surface area contributed by atoms with Gasteiger partial charge < -0.3 is 10.5 Å². The fourth-order valence-corrected chi connectivity index (χ4v) is 0.965. The second-order valence-corrected chi connectivity index (χ2v) is 3.28. The van der Waals surface area contributed by atoms with Gasteiger partial charge in [-0.25, -0.2) is 0 Å². The van der Waals surface area contributed by atoms with E-state index in [4.69, 9.17) is 10.5 Å². The number of unbranched alkanes of at least 4 members (excludes halogenated alkanes) is 2. The predicted octanol–water partition coefficient (Wildman–Crippen LogP) is 0.929. The molecule has 0 saturated heterocycles. The maximum absolute atomic E-state index is 10.9. The summed E-state index contributed by atoms with van der Waals surface area (Å²) in [7, 11) is 0. The Kier molecular flexibility index (Phi) is 8.66. The van der Waals surface area contributed by atoms with Crippen molar-refractivity contribution in [3.05, 3.63) is 0 Å². The number of carbonyl (C=O) groups is 1. The molecular formula is C9H17N3O2S. The van der Waals surface area contributed by atoms with Gasteiger partial charge in [0.25, 0.3) is 0 Å². The molecule has 0 aromatic rings. The van der Waals surface area contributed by atoms with Crippen LogP contribution in [0, 0.1) is 0 Å². The van der Waals surface area contributed by atoms with E-state index in [0.29, 0.717) is 13.0 Å². The van der Waals surface area contributed by atoms with Crippen LogP contribution >= 0.6 is 12.2 Å². The molecule has 0 aliphatic rings. The Labute approximate surface area is 95.0 Å². The molecule has 15 heavy (non-hydrogen) atoms. The van der Waals surface area contributed by atoms with Crippen molar-refractivity contribution in [1.29, 1.82) is 0 Å². The quantitative estimate of drug-likeness (QED) is 0.224. The third kappa shape index (κ3) is 10.8. The van der Waals surface area contributed by atoms with Crippen molar-refractivity contribution in [2.75, 3.05) is 6.61 Å². The van der Waals surface area contributed by atoms with Gasteiger partial charge in [-0.05, 0) is 38.4 Å². The van der Waals surface area contributed by atoms with E-state index in [0.717, 1.165) is 19.3 Å². The van der Waals surface area contributed by atoms with E-state index in [-0.39, 0.29) is 11.1 Å². The average Bonchev–Trinajstić information content (AvgIpc) is 2.16. The maximum Gasteiger partial charge on any atom is 0.305 e. The van der Waals surface area contributed by atoms with Gasteiger partial charge in [0.15, 0.2) is 5.11 Å². The molecule has 0 aliphatic carbocycles. The van der Waals surface area contributed by atoms with Crippen LogP contribution in [0.5, 0.6) is 0 Å². The van der Waals surface area contributed by atoms with E-state index < -0.39 is 0 Å². The summed E-state index contributed by atoms with van der Waals surface area (Å²) < 4.78 is 4.78. The lowest BCUT2D eigenvalue weighted by Crippen LogP contribution is -2.23. The Morgan fingerprint density at radius 2 is 2.33 bits per heavy atom. The largest absolute Gasteiger partial charge is 0.466 e. The van der Waals surface area contributed by atoms with Crippen molar-refractivity contribution in [3.8, 4) is 0 Å². The van der Waals surface area contributed by atoms with Crippen molar-refractivity contribution >= 4 is 29.5 Å². The minimum absolute atomic E-state index is 0.143. The maximum atomic E-state index is 10.9. The van der Waals surface area contributed by atoms with Gasteiger partial charge in [-0.1, -0.05) is 0 Å². The first-order chi connectivity index (χ1) is 7.16. The lowest BCUT2D eigenvalue weighted by molar-refractivity contribution is -0.143. The molecule has 3 N–H and O–H groups in total. The van der Waals surface area contributed by atoms with Crippen LogP contribution in [0.3, 0.4) is 0 Å². The molecule has 0 fully saturated rings. The number of ether oxygens (including phenoxy) is 1. The minimum Gasteiger partial charge on any atom is -0.466 e. The Morgan fingerprint density at radius 3 is 2.93 bits per heavy atom. The monoisotopic (exact) mass is 231 g/mol. The number of hydrogen-bond acceptors (Lipinski definition) is 4. The third-order valence-electron chi connectivity index (χ3n) is 1.54. The second kappa shape index (κ2) is 9.39. The van der Waals surface area contributed by atoms with E-state index >= 15 is 0 Å². The van der Waals surface area contributed by atoms with Crippen LogP contribution in [-0.2, 0) is 9.53 Å². The molecule has 0 atom stereocenters. The summed E-state index contributed by atoms with van der Waals surface area (Å²) in [4.78, 5) is 10.9. The highest BCUT2D eigenvalue weighted by Crippen LogP contribution is 1.99. The number of rotatable bonds is 7. The number of hydrogen-bond donors (Lipinski definition) is 2. The number of hydrazone groups is 1. The summed E-state index contributed by atoms with van der Waals surface area (Å²) in [5.41, 5.74) is 7.60. The molecule has 0 bridgehead atoms. The normalized spacial score (nSPS) is 10.2. The van der Waals surface area contributed by atoms with Gasteiger partial charge in [0.1, 0.15) is 0 Å². The number of nitrogens with two attached hydrogens (primary N) is 1. The predicted molar refractivity (Wildman–Crippen MR) is 63.5 cm³/mol. The lowest BCUT2D eigenvalue weighted by atomic mass is 10.2. The van der Waals surface area contributed by atoms with Gasteiger partial charge in [0, 0.05) is 12.6 Å². The summed E-state index contributed by atoms with van der Waals surface area (Å²) in [6, 6.07) is 0. The van der Waals surface area contributed by atoms with Gasteiger partial charge in [-0.15, -0.1) is 0 Å². The molecule has 0 radical (unpaired) electrons. The number of esters is 1. The second-order valence-electron chi connectivity index (χ2n) is 2.84. The molecule has 0 amide bonds. The molecule has 0 saturated carbocycles. The van der Waals surface area contributed by atoms with E-state index in [2.05, 4.69) is 22.7 Å². The van der Waals surface area contributed by atoms with Crippen LogP contribution in [0.25, 0.3) is 0 Å². The van der Waals surface area contributed by atoms with Crippen molar-refractivity contribution in [2.24, 2.45) is 10.8 Å². The summed E-state index contributed by atoms with van der Waals surface area (Å²) >= 11 is 4.55. The van der Waals surface area contributed by atoms with Crippen molar-refractivity contribution < 1.29 is 9.53 Å². The number of nitrogens with zero attached hydrogens (tertiary/aromatic N) is 1. The van der Waals surface area contributed by atoms with Crippen LogP contribution in [0.4, 0.5) is 0 Å². The average molecular weight is 231 g/mol. The molecule has 86 valence electrons. The molecule has 0 unspecified atom stereocenters. The summed E-state index contributed by atoms with van der Waals surface area (Å²) in [6.45, 7) is 2.24. The summed E-state index contributed by atoms with van der Waals surface area (Å²) in [6.07, 6.45) is 4.63. The van der Waals surface area contributed by atoms with Crippen molar-refractivity contribution in [2.45, 2.75) is 32.6 Å². The van der Waals surface area contributed by atoms with Crippen molar-refractivity contribution in [3.63, 3.8) is 0 Å². The van der Waals surface area contributed by atoms with E-state index in [1.54, 1.807) is 13.1 Å². The number of carbonyl (C=O) groups excluding carboxylic acids is 1. The first-order valence-electron chi connectivity index (χ1n) is 4.89. The Hall–Kier alpha value is -1.17. The zero-order valence-electron chi connectivity index (χ0n) is 8.86. The molecule has 0 heterocycles. The van der Waals surface area contributed by atoms with Crippen LogP contribution in [-0.4, -0.2) is 23.9 Å². The third-order valence-corrected chi connectivity index (χ3v) is 1.63. The fourth-order valence-electron chi connectivity index (χ4n) is 0.912. The minimum atomic E-state index is -0.143. The SMILES string of the molecule is CCOC(=O)CCCC/C=N/NC(N)=S. The molecule has 5 nitrogen and oxygen atoms in total. The molecule has 0 rings (SSSR count). The van der Waals surface area contributed by atoms with E-state index in [1.807, 2.05) is 0 Å². The Balaban J connectivity index is 3.28. The zero-order valence-corrected chi connectivity index (χ0v) is 9.68. The van der Waals surface area contributed by atoms with Crippen LogP contribution in [0.2, 0.25) is 0 Å². The van der Waals surface area contributed by atoms with Gasteiger partial charge in [0.2, 0.25) is 0 Å². The van der Waals surface area contributed by atoms with Gasteiger partial charge in [0.05, 0.1) is 6.61 Å². The fraction of sp³-hybridized carbons (Fsp3) is 0.667. The summed E-state index contributed by atoms with van der Waals surface area (Å²) in [5, 5.41) is 3.92. The number of thiocarbonyl (C=S) groups is 1. The van der Waals surface area contributed by atoms with E-state index in [9.17, 15) is 4.79 Å². The highest BCUT2D eigenvalue weighted by molar-refractivity contribution is 7.80. The molecule has 6 heteroatoms. The molecule has 0 aliphatic heterocycles. The smallest absolute Gasteiger partial charge is 0.305 e. The lowest BCUT2D eigenvalue weighted by Gasteiger charge is -1.99. The Morgan fingerprint density at radius 1 is 1.60 bits per heavy atom. The zero-order chi connectivity index (χ0) is 11.5.